The number of aromatic amines is 1. The first-order chi connectivity index (χ1) is 14.9. The lowest BCUT2D eigenvalue weighted by molar-refractivity contribution is -0.120. The van der Waals surface area contributed by atoms with Crippen molar-refractivity contribution in [2.45, 2.75) is 26.3 Å². The number of ether oxygens (including phenoxy) is 1. The summed E-state index contributed by atoms with van der Waals surface area (Å²) in [5.74, 6) is 0.201. The molecule has 2 aromatic heterocycles. The van der Waals surface area contributed by atoms with Gasteiger partial charge in [0.25, 0.3) is 12.0 Å². The fourth-order valence-electron chi connectivity index (χ4n) is 2.69. The Morgan fingerprint density at radius 2 is 2.06 bits per heavy atom. The van der Waals surface area contributed by atoms with Crippen LogP contribution in [0.3, 0.4) is 0 Å². The van der Waals surface area contributed by atoms with Crippen molar-refractivity contribution >= 4 is 17.5 Å². The third-order valence-electron chi connectivity index (χ3n) is 4.23. The van der Waals surface area contributed by atoms with E-state index in [-0.39, 0.29) is 17.6 Å². The molecule has 0 aliphatic carbocycles. The van der Waals surface area contributed by atoms with Crippen LogP contribution in [0, 0.1) is 0 Å². The van der Waals surface area contributed by atoms with Crippen molar-refractivity contribution in [2.24, 2.45) is 0 Å². The monoisotopic (exact) mass is 448 g/mol. The average molecular weight is 449 g/mol. The molecule has 0 unspecified atom stereocenters. The zero-order chi connectivity index (χ0) is 22.4. The van der Waals surface area contributed by atoms with Gasteiger partial charge in [-0.05, 0) is 23.8 Å². The third kappa shape index (κ3) is 6.08. The molecule has 2 heterocycles. The van der Waals surface area contributed by atoms with E-state index in [0.717, 1.165) is 5.56 Å². The average Bonchev–Trinajstić information content (AvgIpc) is 2.76. The number of carbonyl (C=O) groups excluding carboxylic acids is 1. The molecule has 0 bridgehead atoms. The molecular formula is C21H19ClF2N4O3. The maximum atomic E-state index is 12.2. The minimum atomic E-state index is -2.60. The highest BCUT2D eigenvalue weighted by Gasteiger charge is 2.12. The molecular weight excluding hydrogens is 430 g/mol. The number of rotatable bonds is 8. The van der Waals surface area contributed by atoms with Crippen LogP contribution in [0.5, 0.6) is 5.88 Å². The number of H-pyrrole nitrogens is 1. The van der Waals surface area contributed by atoms with Crippen LogP contribution in [0.4, 0.5) is 8.78 Å². The molecule has 0 atom stereocenters. The molecule has 10 heteroatoms. The van der Waals surface area contributed by atoms with Gasteiger partial charge >= 0.3 is 0 Å². The smallest absolute Gasteiger partial charge is 0.272 e. The van der Waals surface area contributed by atoms with E-state index in [1.807, 2.05) is 0 Å². The molecule has 0 fully saturated rings. The number of benzene rings is 1. The summed E-state index contributed by atoms with van der Waals surface area (Å²) in [4.78, 5) is 34.8. The van der Waals surface area contributed by atoms with Gasteiger partial charge in [-0.3, -0.25) is 9.59 Å². The van der Waals surface area contributed by atoms with Gasteiger partial charge < -0.3 is 15.0 Å². The van der Waals surface area contributed by atoms with Crippen molar-refractivity contribution in [3.63, 3.8) is 0 Å². The van der Waals surface area contributed by atoms with Crippen LogP contribution in [0.25, 0.3) is 22.6 Å². The second-order valence-electron chi connectivity index (χ2n) is 6.51. The molecule has 3 aromatic rings. The molecule has 2 N–H and O–H groups in total. The van der Waals surface area contributed by atoms with Gasteiger partial charge in [-0.15, -0.1) is 0 Å². The molecule has 1 aromatic carbocycles. The molecule has 7 nitrogen and oxygen atoms in total. The number of alkyl halides is 2. The van der Waals surface area contributed by atoms with E-state index < -0.39 is 18.6 Å². The predicted molar refractivity (Wildman–Crippen MR) is 112 cm³/mol. The van der Waals surface area contributed by atoms with Crippen LogP contribution in [0.2, 0.25) is 5.02 Å². The zero-order valence-corrected chi connectivity index (χ0v) is 17.2. The number of aromatic nitrogens is 3. The van der Waals surface area contributed by atoms with E-state index in [9.17, 15) is 18.4 Å². The lowest BCUT2D eigenvalue weighted by Gasteiger charge is -2.10. The highest BCUT2D eigenvalue weighted by Crippen LogP contribution is 2.27. The first-order valence-electron chi connectivity index (χ1n) is 9.40. The van der Waals surface area contributed by atoms with E-state index in [1.54, 1.807) is 31.2 Å². The standard InChI is InChI=1S/C21H19ClF2N4O3/c1-2-18(29)25-9-12-3-5-15(22)14(7-12)21-27-16(8-19(30)28-21)13-4-6-20(26-10-13)31-11-17(23)24/h3-8,10,17H,2,9,11H2,1H3,(H,25,29)(H,27,28,30). The summed E-state index contributed by atoms with van der Waals surface area (Å²) >= 11 is 6.31. The zero-order valence-electron chi connectivity index (χ0n) is 16.5. The quantitative estimate of drug-likeness (QED) is 0.546. The predicted octanol–water partition coefficient (Wildman–Crippen LogP) is 3.82. The van der Waals surface area contributed by atoms with Crippen molar-refractivity contribution < 1.29 is 18.3 Å². The van der Waals surface area contributed by atoms with Gasteiger partial charge in [-0.2, -0.15) is 0 Å². The largest absolute Gasteiger partial charge is 0.472 e. The molecule has 0 aliphatic rings. The van der Waals surface area contributed by atoms with E-state index in [1.165, 1.54) is 18.3 Å². The van der Waals surface area contributed by atoms with Crippen molar-refractivity contribution in [2.75, 3.05) is 6.61 Å². The summed E-state index contributed by atoms with van der Waals surface area (Å²) in [5.41, 5.74) is 1.70. The van der Waals surface area contributed by atoms with E-state index in [0.29, 0.717) is 34.8 Å². The topological polar surface area (TPSA) is 97.0 Å². The van der Waals surface area contributed by atoms with Crippen LogP contribution < -0.4 is 15.6 Å². The number of hydrogen-bond acceptors (Lipinski definition) is 5. The highest BCUT2D eigenvalue weighted by atomic mass is 35.5. The number of amides is 1. The molecule has 3 rings (SSSR count). The Kier molecular flexibility index (Phi) is 7.30. The molecule has 0 spiro atoms. The summed E-state index contributed by atoms with van der Waals surface area (Å²) in [5, 5.41) is 3.15. The Morgan fingerprint density at radius 1 is 1.26 bits per heavy atom. The fraction of sp³-hybridized carbons (Fsp3) is 0.238. The molecule has 0 aliphatic heterocycles. The van der Waals surface area contributed by atoms with Crippen molar-refractivity contribution in [1.82, 2.24) is 20.3 Å². The second kappa shape index (κ2) is 10.1. The summed E-state index contributed by atoms with van der Waals surface area (Å²) < 4.78 is 29.4. The minimum absolute atomic E-state index is 0.0407. The van der Waals surface area contributed by atoms with E-state index >= 15 is 0 Å². The van der Waals surface area contributed by atoms with E-state index in [4.69, 9.17) is 16.3 Å². The third-order valence-corrected chi connectivity index (χ3v) is 4.56. The summed E-state index contributed by atoms with van der Waals surface area (Å²) in [7, 11) is 0. The van der Waals surface area contributed by atoms with E-state index in [2.05, 4.69) is 20.3 Å². The molecule has 0 saturated heterocycles. The maximum absolute atomic E-state index is 12.2. The lowest BCUT2D eigenvalue weighted by Crippen LogP contribution is -2.21. The summed E-state index contributed by atoms with van der Waals surface area (Å²) in [6.45, 7) is 1.31. The number of nitrogens with one attached hydrogen (secondary N) is 2. The molecule has 162 valence electrons. The number of pyridine rings is 1. The second-order valence-corrected chi connectivity index (χ2v) is 6.92. The number of carbonyl (C=O) groups is 1. The van der Waals surface area contributed by atoms with Crippen LogP contribution in [-0.2, 0) is 11.3 Å². The van der Waals surface area contributed by atoms with Gasteiger partial charge in [-0.1, -0.05) is 24.6 Å². The Morgan fingerprint density at radius 3 is 2.74 bits per heavy atom. The van der Waals surface area contributed by atoms with Gasteiger partial charge in [-0.25, -0.2) is 18.7 Å². The van der Waals surface area contributed by atoms with Gasteiger partial charge in [0, 0.05) is 42.4 Å². The van der Waals surface area contributed by atoms with Crippen LogP contribution in [0.15, 0.2) is 47.4 Å². The lowest BCUT2D eigenvalue weighted by atomic mass is 10.1. The Bertz CT molecular complexity index is 1120. The number of hydrogen-bond donors (Lipinski definition) is 2. The number of nitrogens with zero attached hydrogens (tertiary/aromatic N) is 2. The van der Waals surface area contributed by atoms with Crippen LogP contribution >= 0.6 is 11.6 Å². The molecule has 31 heavy (non-hydrogen) atoms. The summed E-state index contributed by atoms with van der Waals surface area (Å²) in [6, 6.07) is 9.45. The van der Waals surface area contributed by atoms with Gasteiger partial charge in [0.1, 0.15) is 5.82 Å². The van der Waals surface area contributed by atoms with Crippen molar-refractivity contribution in [3.05, 3.63) is 63.5 Å². The van der Waals surface area contributed by atoms with Crippen molar-refractivity contribution in [3.8, 4) is 28.5 Å². The first-order valence-corrected chi connectivity index (χ1v) is 9.77. The van der Waals surface area contributed by atoms with Gasteiger partial charge in [0.2, 0.25) is 11.8 Å². The Labute approximate surface area is 181 Å². The Balaban J connectivity index is 1.89. The van der Waals surface area contributed by atoms with Crippen LogP contribution in [-0.4, -0.2) is 33.9 Å². The van der Waals surface area contributed by atoms with Gasteiger partial charge in [0.15, 0.2) is 6.61 Å². The molecule has 0 saturated carbocycles. The van der Waals surface area contributed by atoms with Gasteiger partial charge in [0.05, 0.1) is 10.7 Å². The number of halogens is 3. The highest BCUT2D eigenvalue weighted by molar-refractivity contribution is 6.33. The fourth-order valence-corrected chi connectivity index (χ4v) is 2.90. The first kappa shape index (κ1) is 22.4. The van der Waals surface area contributed by atoms with Crippen molar-refractivity contribution in [1.29, 1.82) is 0 Å². The minimum Gasteiger partial charge on any atom is -0.472 e. The van der Waals surface area contributed by atoms with Crippen LogP contribution in [0.1, 0.15) is 18.9 Å². The SMILES string of the molecule is CCC(=O)NCc1ccc(Cl)c(-c2nc(-c3ccc(OCC(F)F)nc3)cc(=O)[nH]2)c1. The summed E-state index contributed by atoms with van der Waals surface area (Å²) in [6.07, 6.45) is -0.851. The molecule has 1 amide bonds. The Hall–Kier alpha value is -3.33. The maximum Gasteiger partial charge on any atom is 0.272 e. The molecule has 0 radical (unpaired) electrons. The normalized spacial score (nSPS) is 10.9.